The average Bonchev–Trinajstić information content (AvgIpc) is 2.67. The molecule has 0 aliphatic heterocycles. The predicted octanol–water partition coefficient (Wildman–Crippen LogP) is 6.62. The Bertz CT molecular complexity index is 862. The van der Waals surface area contributed by atoms with E-state index in [1.807, 2.05) is 30.5 Å². The minimum atomic E-state index is 0.508. The molecule has 2 nitrogen and oxygen atoms in total. The van der Waals surface area contributed by atoms with Gasteiger partial charge in [0.15, 0.2) is 0 Å². The maximum Gasteiger partial charge on any atom is 0.119 e. The molecular formula is C23H25ClNO. The van der Waals surface area contributed by atoms with Gasteiger partial charge in [0.2, 0.25) is 0 Å². The highest BCUT2D eigenvalue weighted by atomic mass is 35.5. The highest BCUT2D eigenvalue weighted by Crippen LogP contribution is 2.30. The van der Waals surface area contributed by atoms with E-state index in [0.717, 1.165) is 48.4 Å². The number of rotatable bonds is 8. The van der Waals surface area contributed by atoms with Crippen molar-refractivity contribution >= 4 is 22.5 Å². The number of benzene rings is 2. The summed E-state index contributed by atoms with van der Waals surface area (Å²) in [6.07, 6.45) is 7.20. The van der Waals surface area contributed by atoms with Crippen molar-refractivity contribution in [2.24, 2.45) is 0 Å². The second-order valence-corrected chi connectivity index (χ2v) is 7.08. The number of aryl methyl sites for hydroxylation is 1. The fourth-order valence-corrected chi connectivity index (χ4v) is 3.75. The summed E-state index contributed by atoms with van der Waals surface area (Å²) in [7, 11) is 1.70. The Balaban J connectivity index is 1.72. The molecule has 26 heavy (non-hydrogen) atoms. The third-order valence-corrected chi connectivity index (χ3v) is 5.15. The van der Waals surface area contributed by atoms with Crippen molar-refractivity contribution in [1.29, 1.82) is 0 Å². The normalized spacial score (nSPS) is 12.3. The third-order valence-electron chi connectivity index (χ3n) is 4.91. The summed E-state index contributed by atoms with van der Waals surface area (Å²) >= 11 is 6.18. The zero-order valence-electron chi connectivity index (χ0n) is 15.2. The molecule has 1 aromatic heterocycles. The Morgan fingerprint density at radius 3 is 2.77 bits per heavy atom. The standard InChI is InChI=1S/C23H25ClNO/c1-3-6-17(19-9-5-10-20(24)15-19)7-4-8-18-13-14-25-23-12-11-21(26-2)16-22(18)23/h5,9-17H,1,3-4,6-8H2,2H3/t17-/m1/s1. The summed E-state index contributed by atoms with van der Waals surface area (Å²) in [6, 6.07) is 16.4. The van der Waals surface area contributed by atoms with Gasteiger partial charge in [0.25, 0.3) is 0 Å². The summed E-state index contributed by atoms with van der Waals surface area (Å²) in [5, 5.41) is 1.99. The molecule has 0 aliphatic carbocycles. The molecule has 1 radical (unpaired) electrons. The van der Waals surface area contributed by atoms with E-state index in [1.165, 1.54) is 16.5 Å². The summed E-state index contributed by atoms with van der Waals surface area (Å²) in [6.45, 7) is 4.04. The van der Waals surface area contributed by atoms with Crippen LogP contribution in [0.3, 0.4) is 0 Å². The van der Waals surface area contributed by atoms with Gasteiger partial charge in [0, 0.05) is 16.6 Å². The van der Waals surface area contributed by atoms with Gasteiger partial charge < -0.3 is 4.74 Å². The van der Waals surface area contributed by atoms with Crippen LogP contribution < -0.4 is 4.74 Å². The molecule has 0 N–H and O–H groups in total. The first kappa shape index (κ1) is 18.7. The van der Waals surface area contributed by atoms with E-state index in [4.69, 9.17) is 16.3 Å². The first-order chi connectivity index (χ1) is 12.7. The first-order valence-electron chi connectivity index (χ1n) is 9.17. The van der Waals surface area contributed by atoms with E-state index in [2.05, 4.69) is 36.2 Å². The van der Waals surface area contributed by atoms with Gasteiger partial charge in [-0.3, -0.25) is 4.98 Å². The van der Waals surface area contributed by atoms with E-state index in [9.17, 15) is 0 Å². The summed E-state index contributed by atoms with van der Waals surface area (Å²) in [4.78, 5) is 4.47. The molecule has 0 aliphatic rings. The van der Waals surface area contributed by atoms with Crippen LogP contribution in [0.1, 0.15) is 42.7 Å². The molecule has 3 aromatic rings. The average molecular weight is 367 g/mol. The van der Waals surface area contributed by atoms with Gasteiger partial charge in [-0.05, 0) is 79.1 Å². The van der Waals surface area contributed by atoms with Gasteiger partial charge in [0.1, 0.15) is 5.75 Å². The van der Waals surface area contributed by atoms with Crippen LogP contribution in [0.5, 0.6) is 5.75 Å². The zero-order chi connectivity index (χ0) is 18.4. The lowest BCUT2D eigenvalue weighted by atomic mass is 9.89. The molecule has 3 heteroatoms. The molecule has 0 unspecified atom stereocenters. The van der Waals surface area contributed by atoms with Crippen LogP contribution in [0.25, 0.3) is 10.9 Å². The minimum absolute atomic E-state index is 0.508. The molecule has 0 fully saturated rings. The number of halogens is 1. The van der Waals surface area contributed by atoms with E-state index < -0.39 is 0 Å². The number of ether oxygens (including phenoxy) is 1. The van der Waals surface area contributed by atoms with Crippen molar-refractivity contribution in [1.82, 2.24) is 4.98 Å². The number of hydrogen-bond donors (Lipinski definition) is 0. The lowest BCUT2D eigenvalue weighted by Crippen LogP contribution is -2.00. The van der Waals surface area contributed by atoms with Crippen molar-refractivity contribution in [3.8, 4) is 5.75 Å². The van der Waals surface area contributed by atoms with Crippen molar-refractivity contribution in [3.63, 3.8) is 0 Å². The minimum Gasteiger partial charge on any atom is -0.497 e. The molecule has 0 saturated heterocycles. The van der Waals surface area contributed by atoms with Gasteiger partial charge in [-0.2, -0.15) is 0 Å². The molecule has 0 amide bonds. The van der Waals surface area contributed by atoms with Gasteiger partial charge in [0.05, 0.1) is 12.6 Å². The lowest BCUT2D eigenvalue weighted by molar-refractivity contribution is 0.415. The second-order valence-electron chi connectivity index (χ2n) is 6.64. The smallest absolute Gasteiger partial charge is 0.119 e. The number of methoxy groups -OCH3 is 1. The van der Waals surface area contributed by atoms with Crippen LogP contribution >= 0.6 is 11.6 Å². The molecule has 135 valence electrons. The Labute approximate surface area is 161 Å². The molecule has 1 atom stereocenters. The fraction of sp³-hybridized carbons (Fsp3) is 0.304. The van der Waals surface area contributed by atoms with Gasteiger partial charge in [-0.25, -0.2) is 0 Å². The number of hydrogen-bond acceptors (Lipinski definition) is 2. The second kappa shape index (κ2) is 9.05. The Hall–Kier alpha value is -2.06. The Kier molecular flexibility index (Phi) is 6.51. The monoisotopic (exact) mass is 366 g/mol. The maximum absolute atomic E-state index is 6.18. The van der Waals surface area contributed by atoms with E-state index in [1.54, 1.807) is 7.11 Å². The number of pyridine rings is 1. The molecule has 0 bridgehead atoms. The quantitative estimate of drug-likeness (QED) is 0.447. The third kappa shape index (κ3) is 4.56. The van der Waals surface area contributed by atoms with E-state index in [0.29, 0.717) is 5.92 Å². The van der Waals surface area contributed by atoms with E-state index in [-0.39, 0.29) is 0 Å². The van der Waals surface area contributed by atoms with Crippen molar-refractivity contribution < 1.29 is 4.74 Å². The van der Waals surface area contributed by atoms with Crippen LogP contribution in [-0.4, -0.2) is 12.1 Å². The predicted molar refractivity (Wildman–Crippen MR) is 110 cm³/mol. The largest absolute Gasteiger partial charge is 0.497 e. The number of nitrogens with zero attached hydrogens (tertiary/aromatic N) is 1. The first-order valence-corrected chi connectivity index (χ1v) is 9.55. The number of fused-ring (bicyclic) bond motifs is 1. The van der Waals surface area contributed by atoms with Crippen molar-refractivity contribution in [3.05, 3.63) is 77.8 Å². The van der Waals surface area contributed by atoms with Crippen LogP contribution in [0, 0.1) is 6.92 Å². The van der Waals surface area contributed by atoms with Crippen LogP contribution in [-0.2, 0) is 6.42 Å². The van der Waals surface area contributed by atoms with Gasteiger partial charge in [-0.15, -0.1) is 0 Å². The van der Waals surface area contributed by atoms with E-state index >= 15 is 0 Å². The van der Waals surface area contributed by atoms with Gasteiger partial charge >= 0.3 is 0 Å². The maximum atomic E-state index is 6.18. The van der Waals surface area contributed by atoms with Gasteiger partial charge in [-0.1, -0.05) is 37.1 Å². The summed E-state index contributed by atoms with van der Waals surface area (Å²) in [5.41, 5.74) is 3.67. The van der Waals surface area contributed by atoms with Crippen molar-refractivity contribution in [2.45, 2.75) is 38.0 Å². The fourth-order valence-electron chi connectivity index (χ4n) is 3.55. The van der Waals surface area contributed by atoms with Crippen molar-refractivity contribution in [2.75, 3.05) is 7.11 Å². The highest BCUT2D eigenvalue weighted by molar-refractivity contribution is 6.30. The lowest BCUT2D eigenvalue weighted by Gasteiger charge is -2.17. The molecule has 2 aromatic carbocycles. The summed E-state index contributed by atoms with van der Waals surface area (Å²) < 4.78 is 5.37. The van der Waals surface area contributed by atoms with Crippen LogP contribution in [0.4, 0.5) is 0 Å². The Morgan fingerprint density at radius 2 is 2.00 bits per heavy atom. The molecule has 3 rings (SSSR count). The molecular weight excluding hydrogens is 342 g/mol. The Morgan fingerprint density at radius 1 is 1.12 bits per heavy atom. The molecule has 1 heterocycles. The topological polar surface area (TPSA) is 22.1 Å². The summed E-state index contributed by atoms with van der Waals surface area (Å²) in [5.74, 6) is 1.38. The highest BCUT2D eigenvalue weighted by Gasteiger charge is 2.12. The van der Waals surface area contributed by atoms with Crippen LogP contribution in [0.2, 0.25) is 5.02 Å². The SMILES string of the molecule is [CH2]CC[C@H](CCCc1ccnc2ccc(OC)cc12)c1cccc(Cl)c1. The molecule has 0 saturated carbocycles. The molecule has 0 spiro atoms. The van der Waals surface area contributed by atoms with Crippen LogP contribution in [0.15, 0.2) is 54.7 Å². The number of aromatic nitrogens is 1. The zero-order valence-corrected chi connectivity index (χ0v) is 16.0.